The minimum atomic E-state index is 0.509. The molecule has 3 aromatic rings. The molecule has 3 aromatic carbocycles. The van der Waals surface area contributed by atoms with Crippen molar-refractivity contribution >= 4 is 17.0 Å². The van der Waals surface area contributed by atoms with Crippen molar-refractivity contribution in [1.82, 2.24) is 0 Å². The number of allylic oxidation sites excluding steroid dienone is 5. The molecule has 130 valence electrons. The van der Waals surface area contributed by atoms with Crippen LogP contribution in [0, 0.1) is 5.41 Å². The van der Waals surface area contributed by atoms with Crippen LogP contribution in [0.2, 0.25) is 0 Å². The molecule has 1 aliphatic rings. The number of nitrogen functional groups attached to an aromatic ring is 1. The lowest BCUT2D eigenvalue weighted by Crippen LogP contribution is -1.97. The Labute approximate surface area is 159 Å². The van der Waals surface area contributed by atoms with Gasteiger partial charge in [0.1, 0.15) is 0 Å². The smallest absolute Gasteiger partial charge is 0.0540 e. The van der Waals surface area contributed by atoms with E-state index >= 15 is 0 Å². The molecule has 0 atom stereocenters. The van der Waals surface area contributed by atoms with Crippen LogP contribution in [0.3, 0.4) is 0 Å². The zero-order valence-electron chi connectivity index (χ0n) is 14.9. The summed E-state index contributed by atoms with van der Waals surface area (Å²) in [6, 6.07) is 26.9. The van der Waals surface area contributed by atoms with Crippen molar-refractivity contribution in [2.45, 2.75) is 0 Å². The standard InChI is InChI=1S/C25H20N2/c26-23-14-10-21(11-15-23)25(22-12-16-24(27)17-13-22)20-8-6-19(7-9-20)18-4-2-1-3-5-18/h1-17,26H,27H2. The van der Waals surface area contributed by atoms with Crippen molar-refractivity contribution in [2.75, 3.05) is 5.73 Å². The van der Waals surface area contributed by atoms with E-state index in [2.05, 4.69) is 48.5 Å². The van der Waals surface area contributed by atoms with Crippen molar-refractivity contribution in [3.8, 4) is 11.1 Å². The summed E-state index contributed by atoms with van der Waals surface area (Å²) in [5.41, 5.74) is 14.0. The van der Waals surface area contributed by atoms with E-state index in [1.54, 1.807) is 0 Å². The van der Waals surface area contributed by atoms with E-state index in [0.29, 0.717) is 5.71 Å². The highest BCUT2D eigenvalue weighted by atomic mass is 14.5. The van der Waals surface area contributed by atoms with Gasteiger partial charge >= 0.3 is 0 Å². The minimum Gasteiger partial charge on any atom is -0.399 e. The molecule has 0 spiro atoms. The van der Waals surface area contributed by atoms with Crippen molar-refractivity contribution in [3.05, 3.63) is 120 Å². The van der Waals surface area contributed by atoms with Gasteiger partial charge in [0, 0.05) is 5.69 Å². The number of benzene rings is 3. The average Bonchev–Trinajstić information content (AvgIpc) is 2.72. The van der Waals surface area contributed by atoms with Crippen LogP contribution < -0.4 is 5.73 Å². The first-order valence-electron chi connectivity index (χ1n) is 8.91. The Morgan fingerprint density at radius 3 is 1.70 bits per heavy atom. The van der Waals surface area contributed by atoms with Crippen LogP contribution in [0.5, 0.6) is 0 Å². The van der Waals surface area contributed by atoms with Gasteiger partial charge in [-0.1, -0.05) is 78.9 Å². The predicted molar refractivity (Wildman–Crippen MR) is 115 cm³/mol. The van der Waals surface area contributed by atoms with Gasteiger partial charge in [-0.2, -0.15) is 0 Å². The van der Waals surface area contributed by atoms with E-state index in [1.807, 2.05) is 54.6 Å². The molecule has 0 saturated carbocycles. The van der Waals surface area contributed by atoms with Gasteiger partial charge < -0.3 is 11.1 Å². The maximum absolute atomic E-state index is 7.77. The van der Waals surface area contributed by atoms with Gasteiger partial charge in [-0.05, 0) is 57.7 Å². The fraction of sp³-hybridized carbons (Fsp3) is 0. The van der Waals surface area contributed by atoms with Crippen molar-refractivity contribution in [1.29, 1.82) is 5.41 Å². The second kappa shape index (κ2) is 7.30. The molecule has 0 unspecified atom stereocenters. The summed E-state index contributed by atoms with van der Waals surface area (Å²) in [6.45, 7) is 0. The SMILES string of the molecule is N=C1C=CC(=C(c2ccc(N)cc2)c2ccc(-c3ccccc3)cc2)C=C1. The Kier molecular flexibility index (Phi) is 4.54. The molecule has 4 rings (SSSR count). The third-order valence-corrected chi connectivity index (χ3v) is 4.65. The molecule has 0 saturated heterocycles. The molecule has 2 heteroatoms. The third-order valence-electron chi connectivity index (χ3n) is 4.65. The second-order valence-corrected chi connectivity index (χ2v) is 6.52. The molecule has 0 amide bonds. The van der Waals surface area contributed by atoms with Crippen LogP contribution in [-0.4, -0.2) is 5.71 Å². The predicted octanol–water partition coefficient (Wildman–Crippen LogP) is 5.88. The van der Waals surface area contributed by atoms with Gasteiger partial charge in [-0.25, -0.2) is 0 Å². The molecular formula is C25H20N2. The summed E-state index contributed by atoms with van der Waals surface area (Å²) in [5.74, 6) is 0. The monoisotopic (exact) mass is 348 g/mol. The number of nitrogens with one attached hydrogen (secondary N) is 1. The van der Waals surface area contributed by atoms with Gasteiger partial charge in [0.2, 0.25) is 0 Å². The van der Waals surface area contributed by atoms with Crippen LogP contribution in [0.1, 0.15) is 11.1 Å². The van der Waals surface area contributed by atoms with Crippen LogP contribution >= 0.6 is 0 Å². The summed E-state index contributed by atoms with van der Waals surface area (Å²) < 4.78 is 0. The van der Waals surface area contributed by atoms with Crippen LogP contribution in [0.4, 0.5) is 5.69 Å². The van der Waals surface area contributed by atoms with Crippen molar-refractivity contribution in [2.24, 2.45) is 0 Å². The lowest BCUT2D eigenvalue weighted by molar-refractivity contribution is 1.48. The van der Waals surface area contributed by atoms with E-state index in [9.17, 15) is 0 Å². The number of hydrogen-bond donors (Lipinski definition) is 2. The van der Waals surface area contributed by atoms with E-state index in [4.69, 9.17) is 11.1 Å². The van der Waals surface area contributed by atoms with Gasteiger partial charge in [-0.3, -0.25) is 0 Å². The zero-order valence-corrected chi connectivity index (χ0v) is 14.9. The third kappa shape index (κ3) is 3.65. The largest absolute Gasteiger partial charge is 0.399 e. The Hall–Kier alpha value is -3.65. The number of nitrogens with two attached hydrogens (primary N) is 1. The summed E-state index contributed by atoms with van der Waals surface area (Å²) in [4.78, 5) is 0. The molecule has 0 fully saturated rings. The number of anilines is 1. The molecule has 3 N–H and O–H groups in total. The minimum absolute atomic E-state index is 0.509. The number of rotatable bonds is 3. The summed E-state index contributed by atoms with van der Waals surface area (Å²) in [5, 5.41) is 7.77. The maximum atomic E-state index is 7.77. The van der Waals surface area contributed by atoms with Crippen LogP contribution in [0.25, 0.3) is 16.7 Å². The normalized spacial score (nSPS) is 13.0. The van der Waals surface area contributed by atoms with Gasteiger partial charge in [0.25, 0.3) is 0 Å². The average molecular weight is 348 g/mol. The second-order valence-electron chi connectivity index (χ2n) is 6.52. The quantitative estimate of drug-likeness (QED) is 0.570. The first kappa shape index (κ1) is 16.8. The van der Waals surface area contributed by atoms with E-state index in [0.717, 1.165) is 28.0 Å². The molecule has 0 heterocycles. The van der Waals surface area contributed by atoms with Crippen molar-refractivity contribution < 1.29 is 0 Å². The summed E-state index contributed by atoms with van der Waals surface area (Å²) >= 11 is 0. The maximum Gasteiger partial charge on any atom is 0.0540 e. The van der Waals surface area contributed by atoms with Crippen LogP contribution in [-0.2, 0) is 0 Å². The summed E-state index contributed by atoms with van der Waals surface area (Å²) in [6.07, 6.45) is 7.65. The van der Waals surface area contributed by atoms with Gasteiger partial charge in [0.15, 0.2) is 0 Å². The van der Waals surface area contributed by atoms with Gasteiger partial charge in [-0.15, -0.1) is 0 Å². The van der Waals surface area contributed by atoms with Crippen LogP contribution in [0.15, 0.2) is 109 Å². The van der Waals surface area contributed by atoms with Gasteiger partial charge in [0.05, 0.1) is 5.71 Å². The molecular weight excluding hydrogens is 328 g/mol. The molecule has 0 aliphatic heterocycles. The molecule has 0 aromatic heterocycles. The highest BCUT2D eigenvalue weighted by Gasteiger charge is 2.11. The lowest BCUT2D eigenvalue weighted by atomic mass is 9.90. The fourth-order valence-corrected chi connectivity index (χ4v) is 3.25. The molecule has 0 radical (unpaired) electrons. The van der Waals surface area contributed by atoms with Crippen molar-refractivity contribution in [3.63, 3.8) is 0 Å². The molecule has 2 nitrogen and oxygen atoms in total. The first-order valence-corrected chi connectivity index (χ1v) is 8.91. The van der Waals surface area contributed by atoms with E-state index in [-0.39, 0.29) is 0 Å². The Bertz CT molecular complexity index is 1030. The molecule has 0 bridgehead atoms. The molecule has 27 heavy (non-hydrogen) atoms. The summed E-state index contributed by atoms with van der Waals surface area (Å²) in [7, 11) is 0. The molecule has 1 aliphatic carbocycles. The van der Waals surface area contributed by atoms with E-state index < -0.39 is 0 Å². The zero-order chi connectivity index (χ0) is 18.6. The van der Waals surface area contributed by atoms with E-state index in [1.165, 1.54) is 11.1 Å². The first-order chi connectivity index (χ1) is 13.2. The number of hydrogen-bond acceptors (Lipinski definition) is 2. The fourth-order valence-electron chi connectivity index (χ4n) is 3.25. The Morgan fingerprint density at radius 2 is 1.11 bits per heavy atom. The Morgan fingerprint density at radius 1 is 0.593 bits per heavy atom. The lowest BCUT2D eigenvalue weighted by Gasteiger charge is -2.15. The Balaban J connectivity index is 1.81. The highest BCUT2D eigenvalue weighted by molar-refractivity contribution is 6.05. The highest BCUT2D eigenvalue weighted by Crippen LogP contribution is 2.31. The topological polar surface area (TPSA) is 49.9 Å².